The van der Waals surface area contributed by atoms with Gasteiger partial charge in [0.1, 0.15) is 0 Å². The lowest BCUT2D eigenvalue weighted by atomic mass is 9.85. The summed E-state index contributed by atoms with van der Waals surface area (Å²) in [5.74, 6) is 0.784. The highest BCUT2D eigenvalue weighted by Crippen LogP contribution is 2.30. The molecule has 1 aliphatic rings. The highest BCUT2D eigenvalue weighted by Gasteiger charge is 2.25. The van der Waals surface area contributed by atoms with Crippen LogP contribution in [0.3, 0.4) is 0 Å². The predicted octanol–water partition coefficient (Wildman–Crippen LogP) is 4.69. The molecule has 106 valence electrons. The van der Waals surface area contributed by atoms with Gasteiger partial charge in [0.25, 0.3) is 0 Å². The second kappa shape index (κ2) is 6.56. The number of hydrogen-bond acceptors (Lipinski definition) is 1. The quantitative estimate of drug-likeness (QED) is 0.741. The van der Waals surface area contributed by atoms with Gasteiger partial charge < -0.3 is 4.90 Å². The van der Waals surface area contributed by atoms with Crippen molar-refractivity contribution in [2.75, 3.05) is 19.6 Å². The van der Waals surface area contributed by atoms with E-state index in [0.717, 1.165) is 5.92 Å². The van der Waals surface area contributed by atoms with Crippen molar-refractivity contribution in [2.45, 2.75) is 52.4 Å². The van der Waals surface area contributed by atoms with E-state index in [1.807, 2.05) is 0 Å². The Morgan fingerprint density at radius 1 is 1.11 bits per heavy atom. The smallest absolute Gasteiger partial charge is 0.00327 e. The minimum absolute atomic E-state index is 0.480. The van der Waals surface area contributed by atoms with E-state index in [1.165, 1.54) is 50.9 Å². The Balaban J connectivity index is 1.83. The molecule has 0 aliphatic carbocycles. The standard InChI is InChI=1S/C18H29N/c1-4-12-18(2,3)15-19-13-10-17(11-14-19)16-8-6-5-7-9-16/h5-9,17H,4,10-15H2,1-3H3. The third kappa shape index (κ3) is 4.35. The molecule has 2 rings (SSSR count). The Bertz CT molecular complexity index is 361. The van der Waals surface area contributed by atoms with Crippen molar-refractivity contribution >= 4 is 0 Å². The summed E-state index contributed by atoms with van der Waals surface area (Å²) in [5.41, 5.74) is 2.02. The average molecular weight is 259 g/mol. The van der Waals surface area contributed by atoms with Crippen molar-refractivity contribution < 1.29 is 0 Å². The van der Waals surface area contributed by atoms with E-state index in [2.05, 4.69) is 56.0 Å². The van der Waals surface area contributed by atoms with Gasteiger partial charge in [0.2, 0.25) is 0 Å². The van der Waals surface area contributed by atoms with Crippen LogP contribution < -0.4 is 0 Å². The Morgan fingerprint density at radius 3 is 2.32 bits per heavy atom. The first-order valence-electron chi connectivity index (χ1n) is 7.88. The molecular formula is C18H29N. The maximum absolute atomic E-state index is 2.68. The van der Waals surface area contributed by atoms with E-state index in [9.17, 15) is 0 Å². The summed E-state index contributed by atoms with van der Waals surface area (Å²) in [6, 6.07) is 11.0. The number of rotatable bonds is 5. The minimum atomic E-state index is 0.480. The zero-order chi connectivity index (χ0) is 13.7. The predicted molar refractivity (Wildman–Crippen MR) is 83.5 cm³/mol. The van der Waals surface area contributed by atoms with E-state index in [-0.39, 0.29) is 0 Å². The van der Waals surface area contributed by atoms with Gasteiger partial charge in [-0.05, 0) is 49.2 Å². The van der Waals surface area contributed by atoms with Crippen LogP contribution in [-0.2, 0) is 0 Å². The molecule has 0 amide bonds. The van der Waals surface area contributed by atoms with Gasteiger partial charge in [-0.3, -0.25) is 0 Å². The molecule has 0 unspecified atom stereocenters. The Labute approximate surface area is 119 Å². The van der Waals surface area contributed by atoms with Gasteiger partial charge in [0, 0.05) is 6.54 Å². The van der Waals surface area contributed by atoms with Crippen LogP contribution in [0.1, 0.15) is 57.9 Å². The normalized spacial score (nSPS) is 18.7. The van der Waals surface area contributed by atoms with E-state index in [1.54, 1.807) is 0 Å². The van der Waals surface area contributed by atoms with Gasteiger partial charge in [-0.15, -0.1) is 0 Å². The first kappa shape index (κ1) is 14.6. The Kier molecular flexibility index (Phi) is 5.04. The van der Waals surface area contributed by atoms with Crippen LogP contribution in [0.25, 0.3) is 0 Å². The topological polar surface area (TPSA) is 3.24 Å². The first-order chi connectivity index (χ1) is 9.11. The number of benzene rings is 1. The lowest BCUT2D eigenvalue weighted by Gasteiger charge is -2.37. The van der Waals surface area contributed by atoms with Gasteiger partial charge in [-0.2, -0.15) is 0 Å². The van der Waals surface area contributed by atoms with Crippen LogP contribution in [0.5, 0.6) is 0 Å². The molecular weight excluding hydrogens is 230 g/mol. The summed E-state index contributed by atoms with van der Waals surface area (Å²) in [6.45, 7) is 10.9. The van der Waals surface area contributed by atoms with Crippen LogP contribution in [-0.4, -0.2) is 24.5 Å². The van der Waals surface area contributed by atoms with Gasteiger partial charge in [0.05, 0.1) is 0 Å². The summed E-state index contributed by atoms with van der Waals surface area (Å²) >= 11 is 0. The van der Waals surface area contributed by atoms with Crippen molar-refractivity contribution in [3.05, 3.63) is 35.9 Å². The highest BCUT2D eigenvalue weighted by molar-refractivity contribution is 5.20. The second-order valence-electron chi connectivity index (χ2n) is 6.88. The fourth-order valence-electron chi connectivity index (χ4n) is 3.51. The van der Waals surface area contributed by atoms with Gasteiger partial charge in [0.15, 0.2) is 0 Å². The molecule has 19 heavy (non-hydrogen) atoms. The van der Waals surface area contributed by atoms with E-state index < -0.39 is 0 Å². The second-order valence-corrected chi connectivity index (χ2v) is 6.88. The molecule has 0 radical (unpaired) electrons. The maximum Gasteiger partial charge on any atom is 0.00327 e. The van der Waals surface area contributed by atoms with E-state index >= 15 is 0 Å². The molecule has 1 aromatic rings. The Hall–Kier alpha value is -0.820. The SMILES string of the molecule is CCCC(C)(C)CN1CCC(c2ccccc2)CC1. The summed E-state index contributed by atoms with van der Waals surface area (Å²) in [4.78, 5) is 2.68. The van der Waals surface area contributed by atoms with Crippen molar-refractivity contribution in [1.82, 2.24) is 4.90 Å². The molecule has 1 heterocycles. The molecule has 0 bridgehead atoms. The molecule has 1 heteroatoms. The molecule has 0 saturated carbocycles. The zero-order valence-corrected chi connectivity index (χ0v) is 12.9. The fourth-order valence-corrected chi connectivity index (χ4v) is 3.51. The molecule has 1 saturated heterocycles. The van der Waals surface area contributed by atoms with Gasteiger partial charge in [-0.1, -0.05) is 57.5 Å². The summed E-state index contributed by atoms with van der Waals surface area (Å²) < 4.78 is 0. The van der Waals surface area contributed by atoms with Crippen LogP contribution in [0.4, 0.5) is 0 Å². The summed E-state index contributed by atoms with van der Waals surface area (Å²) in [6.07, 6.45) is 5.29. The first-order valence-corrected chi connectivity index (χ1v) is 7.88. The van der Waals surface area contributed by atoms with Crippen LogP contribution in [0.2, 0.25) is 0 Å². The lowest BCUT2D eigenvalue weighted by Crippen LogP contribution is -2.39. The lowest BCUT2D eigenvalue weighted by molar-refractivity contribution is 0.137. The van der Waals surface area contributed by atoms with Crippen molar-refractivity contribution in [1.29, 1.82) is 0 Å². The van der Waals surface area contributed by atoms with Gasteiger partial charge in [-0.25, -0.2) is 0 Å². The number of hydrogen-bond donors (Lipinski definition) is 0. The summed E-state index contributed by atoms with van der Waals surface area (Å²) in [7, 11) is 0. The maximum atomic E-state index is 2.68. The molecule has 1 aliphatic heterocycles. The molecule has 0 aromatic heterocycles. The summed E-state index contributed by atoms with van der Waals surface area (Å²) in [5, 5.41) is 0. The molecule has 1 aromatic carbocycles. The third-order valence-electron chi connectivity index (χ3n) is 4.44. The minimum Gasteiger partial charge on any atom is -0.303 e. The highest BCUT2D eigenvalue weighted by atomic mass is 15.1. The molecule has 1 nitrogen and oxygen atoms in total. The van der Waals surface area contributed by atoms with Crippen LogP contribution >= 0.6 is 0 Å². The van der Waals surface area contributed by atoms with Crippen LogP contribution in [0, 0.1) is 5.41 Å². The monoisotopic (exact) mass is 259 g/mol. The van der Waals surface area contributed by atoms with Crippen molar-refractivity contribution in [3.8, 4) is 0 Å². The number of likely N-dealkylation sites (tertiary alicyclic amines) is 1. The Morgan fingerprint density at radius 2 is 1.74 bits per heavy atom. The van der Waals surface area contributed by atoms with Crippen molar-refractivity contribution in [3.63, 3.8) is 0 Å². The number of piperidine rings is 1. The molecule has 0 spiro atoms. The van der Waals surface area contributed by atoms with E-state index in [0.29, 0.717) is 5.41 Å². The number of nitrogens with zero attached hydrogens (tertiary/aromatic N) is 1. The molecule has 0 atom stereocenters. The third-order valence-corrected chi connectivity index (χ3v) is 4.44. The van der Waals surface area contributed by atoms with Crippen molar-refractivity contribution in [2.24, 2.45) is 5.41 Å². The zero-order valence-electron chi connectivity index (χ0n) is 12.9. The molecule has 1 fully saturated rings. The largest absolute Gasteiger partial charge is 0.303 e. The average Bonchev–Trinajstić information content (AvgIpc) is 2.40. The van der Waals surface area contributed by atoms with Crippen LogP contribution in [0.15, 0.2) is 30.3 Å². The molecule has 0 N–H and O–H groups in total. The van der Waals surface area contributed by atoms with Gasteiger partial charge >= 0.3 is 0 Å². The van der Waals surface area contributed by atoms with E-state index in [4.69, 9.17) is 0 Å². The fraction of sp³-hybridized carbons (Fsp3) is 0.667.